The van der Waals surface area contributed by atoms with Crippen LogP contribution in [0.4, 0.5) is 5.69 Å². The number of para-hydroxylation sites is 1. The van der Waals surface area contributed by atoms with Crippen LogP contribution < -0.4 is 9.64 Å². The van der Waals surface area contributed by atoms with Gasteiger partial charge in [-0.1, -0.05) is 35.9 Å². The number of carbonyl (C=O) groups is 1. The van der Waals surface area contributed by atoms with Crippen molar-refractivity contribution >= 4 is 11.6 Å². The molecule has 1 aliphatic rings. The van der Waals surface area contributed by atoms with Crippen molar-refractivity contribution in [3.63, 3.8) is 0 Å². The van der Waals surface area contributed by atoms with E-state index < -0.39 is 6.10 Å². The number of nitrogens with zero attached hydrogens (tertiary/aromatic N) is 2. The maximum Gasteiger partial charge on any atom is 0.263 e. The number of benzene rings is 2. The molecule has 4 heteroatoms. The van der Waals surface area contributed by atoms with E-state index in [9.17, 15) is 4.79 Å². The van der Waals surface area contributed by atoms with E-state index in [1.807, 2.05) is 51.2 Å². The first-order valence-corrected chi connectivity index (χ1v) is 9.36. The summed E-state index contributed by atoms with van der Waals surface area (Å²) in [5, 5.41) is 0. The Balaban J connectivity index is 1.64. The highest BCUT2D eigenvalue weighted by Crippen LogP contribution is 2.25. The number of likely N-dealkylation sites (N-methyl/N-ethyl adjacent to an activating group) is 1. The van der Waals surface area contributed by atoms with E-state index in [1.165, 1.54) is 29.7 Å². The van der Waals surface area contributed by atoms with Crippen molar-refractivity contribution in [1.82, 2.24) is 4.90 Å². The summed E-state index contributed by atoms with van der Waals surface area (Å²) in [5.41, 5.74) is 3.61. The van der Waals surface area contributed by atoms with Gasteiger partial charge in [-0.15, -0.1) is 0 Å². The van der Waals surface area contributed by atoms with Crippen LogP contribution in [0.15, 0.2) is 48.5 Å². The van der Waals surface area contributed by atoms with Crippen molar-refractivity contribution in [3.05, 3.63) is 59.7 Å². The molecule has 0 N–H and O–H groups in total. The highest BCUT2D eigenvalue weighted by atomic mass is 16.5. The molecule has 26 heavy (non-hydrogen) atoms. The summed E-state index contributed by atoms with van der Waals surface area (Å²) < 4.78 is 5.82. The summed E-state index contributed by atoms with van der Waals surface area (Å²) in [6.07, 6.45) is 1.97. The molecule has 138 valence electrons. The van der Waals surface area contributed by atoms with Crippen LogP contribution in [0.5, 0.6) is 5.75 Å². The van der Waals surface area contributed by atoms with E-state index in [0.717, 1.165) is 18.8 Å². The molecule has 1 fully saturated rings. The zero-order chi connectivity index (χ0) is 18.5. The fourth-order valence-electron chi connectivity index (χ4n) is 3.43. The van der Waals surface area contributed by atoms with E-state index >= 15 is 0 Å². The molecule has 1 heterocycles. The second kappa shape index (κ2) is 8.26. The third kappa shape index (κ3) is 4.37. The SMILES string of the molecule is Cc1ccc(OC(C)C(=O)N(C)Cc2ccccc2N2CCCC2)cc1. The lowest BCUT2D eigenvalue weighted by atomic mass is 10.1. The van der Waals surface area contributed by atoms with Gasteiger partial charge in [-0.2, -0.15) is 0 Å². The lowest BCUT2D eigenvalue weighted by Gasteiger charge is -2.26. The number of ether oxygens (including phenoxy) is 1. The lowest BCUT2D eigenvalue weighted by Crippen LogP contribution is -2.37. The molecule has 1 aliphatic heterocycles. The average molecular weight is 352 g/mol. The van der Waals surface area contributed by atoms with Gasteiger partial charge in [-0.25, -0.2) is 0 Å². The number of aryl methyl sites for hydroxylation is 1. The van der Waals surface area contributed by atoms with Gasteiger partial charge >= 0.3 is 0 Å². The molecule has 2 aromatic rings. The van der Waals surface area contributed by atoms with Crippen molar-refractivity contribution in [3.8, 4) is 5.75 Å². The minimum absolute atomic E-state index is 0.0122. The van der Waals surface area contributed by atoms with Crippen LogP contribution in [0, 0.1) is 6.92 Å². The number of hydrogen-bond acceptors (Lipinski definition) is 3. The van der Waals surface area contributed by atoms with Crippen LogP contribution in [0.1, 0.15) is 30.9 Å². The van der Waals surface area contributed by atoms with E-state index in [0.29, 0.717) is 6.54 Å². The largest absolute Gasteiger partial charge is 0.481 e. The molecule has 0 aromatic heterocycles. The molecule has 0 aliphatic carbocycles. The minimum Gasteiger partial charge on any atom is -0.481 e. The van der Waals surface area contributed by atoms with Gasteiger partial charge in [0.05, 0.1) is 0 Å². The van der Waals surface area contributed by atoms with Gasteiger partial charge in [0.1, 0.15) is 5.75 Å². The second-order valence-electron chi connectivity index (χ2n) is 7.09. The number of anilines is 1. The summed E-state index contributed by atoms with van der Waals surface area (Å²) in [6, 6.07) is 16.2. The normalized spacial score (nSPS) is 15.0. The lowest BCUT2D eigenvalue weighted by molar-refractivity contribution is -0.137. The van der Waals surface area contributed by atoms with Crippen LogP contribution >= 0.6 is 0 Å². The predicted octanol–water partition coefficient (Wildman–Crippen LogP) is 4.02. The second-order valence-corrected chi connectivity index (χ2v) is 7.09. The summed E-state index contributed by atoms with van der Waals surface area (Å²) in [5.74, 6) is 0.712. The van der Waals surface area contributed by atoms with Gasteiger partial charge in [0.25, 0.3) is 5.91 Å². The third-order valence-electron chi connectivity index (χ3n) is 4.90. The molecule has 0 saturated carbocycles. The van der Waals surface area contributed by atoms with Gasteiger partial charge in [-0.05, 0) is 50.5 Å². The van der Waals surface area contributed by atoms with Crippen LogP contribution in [-0.2, 0) is 11.3 Å². The molecular formula is C22H28N2O2. The van der Waals surface area contributed by atoms with E-state index in [2.05, 4.69) is 23.1 Å². The Labute approximate surface area is 156 Å². The summed E-state index contributed by atoms with van der Waals surface area (Å²) in [6.45, 7) is 6.63. The van der Waals surface area contributed by atoms with Gasteiger partial charge in [0.15, 0.2) is 6.10 Å². The smallest absolute Gasteiger partial charge is 0.263 e. The van der Waals surface area contributed by atoms with Crippen LogP contribution in [-0.4, -0.2) is 37.0 Å². The first-order chi connectivity index (χ1) is 12.5. The average Bonchev–Trinajstić information content (AvgIpc) is 3.18. The number of rotatable bonds is 6. The van der Waals surface area contributed by atoms with Gasteiger partial charge < -0.3 is 14.5 Å². The maximum absolute atomic E-state index is 12.7. The van der Waals surface area contributed by atoms with Crippen molar-refractivity contribution in [2.75, 3.05) is 25.0 Å². The fraction of sp³-hybridized carbons (Fsp3) is 0.409. The Morgan fingerprint density at radius 2 is 1.77 bits per heavy atom. The third-order valence-corrected chi connectivity index (χ3v) is 4.90. The molecule has 0 spiro atoms. The Bertz CT molecular complexity index is 736. The first kappa shape index (κ1) is 18.3. The van der Waals surface area contributed by atoms with Gasteiger partial charge in [0.2, 0.25) is 0 Å². The summed E-state index contributed by atoms with van der Waals surface area (Å²) in [4.78, 5) is 16.9. The zero-order valence-electron chi connectivity index (χ0n) is 15.9. The molecule has 0 radical (unpaired) electrons. The fourth-order valence-corrected chi connectivity index (χ4v) is 3.43. The maximum atomic E-state index is 12.7. The predicted molar refractivity (Wildman–Crippen MR) is 106 cm³/mol. The van der Waals surface area contributed by atoms with Crippen molar-refractivity contribution in [1.29, 1.82) is 0 Å². The Morgan fingerprint density at radius 1 is 1.12 bits per heavy atom. The molecular weight excluding hydrogens is 324 g/mol. The number of carbonyl (C=O) groups excluding carboxylic acids is 1. The van der Waals surface area contributed by atoms with Crippen molar-refractivity contribution in [2.24, 2.45) is 0 Å². The topological polar surface area (TPSA) is 32.8 Å². The molecule has 0 bridgehead atoms. The Morgan fingerprint density at radius 3 is 2.46 bits per heavy atom. The highest BCUT2D eigenvalue weighted by Gasteiger charge is 2.22. The molecule has 4 nitrogen and oxygen atoms in total. The molecule has 1 atom stereocenters. The number of hydrogen-bond donors (Lipinski definition) is 0. The molecule has 3 rings (SSSR count). The van der Waals surface area contributed by atoms with Crippen molar-refractivity contribution in [2.45, 2.75) is 39.3 Å². The Hall–Kier alpha value is -2.49. The van der Waals surface area contributed by atoms with Gasteiger partial charge in [-0.3, -0.25) is 4.79 Å². The van der Waals surface area contributed by atoms with Crippen LogP contribution in [0.25, 0.3) is 0 Å². The van der Waals surface area contributed by atoms with E-state index in [1.54, 1.807) is 4.90 Å². The van der Waals surface area contributed by atoms with Crippen LogP contribution in [0.2, 0.25) is 0 Å². The molecule has 2 aromatic carbocycles. The standard InChI is InChI=1S/C22H28N2O2/c1-17-10-12-20(13-11-17)26-18(2)22(25)23(3)16-19-8-4-5-9-21(19)24-14-6-7-15-24/h4-5,8-13,18H,6-7,14-16H2,1-3H3. The molecule has 1 unspecified atom stereocenters. The number of amides is 1. The van der Waals surface area contributed by atoms with Crippen molar-refractivity contribution < 1.29 is 9.53 Å². The quantitative estimate of drug-likeness (QED) is 0.787. The monoisotopic (exact) mass is 352 g/mol. The van der Waals surface area contributed by atoms with E-state index in [-0.39, 0.29) is 5.91 Å². The first-order valence-electron chi connectivity index (χ1n) is 9.36. The van der Waals surface area contributed by atoms with E-state index in [4.69, 9.17) is 4.74 Å². The zero-order valence-corrected chi connectivity index (χ0v) is 15.9. The van der Waals surface area contributed by atoms with Crippen LogP contribution in [0.3, 0.4) is 0 Å². The molecule has 1 amide bonds. The summed E-state index contributed by atoms with van der Waals surface area (Å²) in [7, 11) is 1.85. The highest BCUT2D eigenvalue weighted by molar-refractivity contribution is 5.80. The van der Waals surface area contributed by atoms with Gasteiger partial charge in [0, 0.05) is 32.4 Å². The Kier molecular flexibility index (Phi) is 5.82. The minimum atomic E-state index is -0.512. The molecule has 1 saturated heterocycles. The summed E-state index contributed by atoms with van der Waals surface area (Å²) >= 11 is 0.